The zero-order valence-electron chi connectivity index (χ0n) is 10.1. The molecule has 0 radical (unpaired) electrons. The first-order chi connectivity index (χ1) is 6.74. The first-order valence-electron chi connectivity index (χ1n) is 6.14. The Kier molecular flexibility index (Phi) is 10.1. The molecular weight excluding hydrogens is 190 g/mol. The van der Waals surface area contributed by atoms with E-state index < -0.39 is 0 Å². The summed E-state index contributed by atoms with van der Waals surface area (Å²) in [5.41, 5.74) is 0. The van der Waals surface area contributed by atoms with Gasteiger partial charge in [0.25, 0.3) is 0 Å². The van der Waals surface area contributed by atoms with E-state index in [4.69, 9.17) is 0 Å². The van der Waals surface area contributed by atoms with Crippen LogP contribution in [0.25, 0.3) is 0 Å². The van der Waals surface area contributed by atoms with Crippen molar-refractivity contribution in [2.75, 3.05) is 19.6 Å². The maximum absolute atomic E-state index is 4.61. The summed E-state index contributed by atoms with van der Waals surface area (Å²) in [6.45, 7) is 10.3. The van der Waals surface area contributed by atoms with E-state index in [1.54, 1.807) is 0 Å². The highest BCUT2D eigenvalue weighted by atomic mass is 32.1. The van der Waals surface area contributed by atoms with Crippen molar-refractivity contribution >= 4 is 12.6 Å². The van der Waals surface area contributed by atoms with Crippen molar-refractivity contribution in [1.29, 1.82) is 0 Å². The van der Waals surface area contributed by atoms with Crippen molar-refractivity contribution < 1.29 is 0 Å². The van der Waals surface area contributed by atoms with E-state index in [9.17, 15) is 0 Å². The van der Waals surface area contributed by atoms with Gasteiger partial charge in [-0.25, -0.2) is 0 Å². The summed E-state index contributed by atoms with van der Waals surface area (Å²) in [4.78, 5) is 2.49. The normalized spacial score (nSPS) is 13.5. The van der Waals surface area contributed by atoms with Gasteiger partial charge in [0, 0.05) is 5.25 Å². The van der Waals surface area contributed by atoms with Crippen LogP contribution < -0.4 is 0 Å². The summed E-state index contributed by atoms with van der Waals surface area (Å²) < 4.78 is 0. The first-order valence-corrected chi connectivity index (χ1v) is 6.66. The number of unbranched alkanes of at least 4 members (excludes halogenated alkanes) is 1. The fourth-order valence-electron chi connectivity index (χ4n) is 1.67. The largest absolute Gasteiger partial charge is 0.304 e. The molecule has 1 atom stereocenters. The molecule has 1 unspecified atom stereocenters. The third kappa shape index (κ3) is 7.69. The number of hydrogen-bond donors (Lipinski definition) is 1. The lowest BCUT2D eigenvalue weighted by atomic mass is 10.1. The molecule has 0 fully saturated rings. The quantitative estimate of drug-likeness (QED) is 0.578. The van der Waals surface area contributed by atoms with Gasteiger partial charge < -0.3 is 4.90 Å². The van der Waals surface area contributed by atoms with E-state index >= 15 is 0 Å². The number of rotatable bonds is 9. The first kappa shape index (κ1) is 14.3. The number of nitrogens with zero attached hydrogens (tertiary/aromatic N) is 1. The second kappa shape index (κ2) is 9.85. The predicted molar refractivity (Wildman–Crippen MR) is 69.3 cm³/mol. The van der Waals surface area contributed by atoms with Gasteiger partial charge in [-0.3, -0.25) is 0 Å². The Morgan fingerprint density at radius 1 is 1.00 bits per heavy atom. The second-order valence-electron chi connectivity index (χ2n) is 3.97. The maximum atomic E-state index is 4.61. The van der Waals surface area contributed by atoms with E-state index in [1.165, 1.54) is 51.7 Å². The highest BCUT2D eigenvalue weighted by Crippen LogP contribution is 2.13. The zero-order chi connectivity index (χ0) is 10.8. The highest BCUT2D eigenvalue weighted by molar-refractivity contribution is 7.80. The summed E-state index contributed by atoms with van der Waals surface area (Å²) in [6, 6.07) is 0. The van der Waals surface area contributed by atoms with E-state index in [2.05, 4.69) is 38.3 Å². The Balaban J connectivity index is 3.33. The van der Waals surface area contributed by atoms with E-state index in [-0.39, 0.29) is 0 Å². The molecular formula is C12H27NS. The average Bonchev–Trinajstić information content (AvgIpc) is 2.21. The van der Waals surface area contributed by atoms with Crippen LogP contribution in [0, 0.1) is 0 Å². The van der Waals surface area contributed by atoms with Crippen LogP contribution in [0.5, 0.6) is 0 Å². The molecule has 86 valence electrons. The van der Waals surface area contributed by atoms with Gasteiger partial charge in [-0.1, -0.05) is 33.6 Å². The second-order valence-corrected chi connectivity index (χ2v) is 4.70. The van der Waals surface area contributed by atoms with Gasteiger partial charge in [0.05, 0.1) is 0 Å². The summed E-state index contributed by atoms with van der Waals surface area (Å²) in [7, 11) is 0. The molecule has 0 aliphatic heterocycles. The summed E-state index contributed by atoms with van der Waals surface area (Å²) in [5.74, 6) is 0. The number of hydrogen-bond acceptors (Lipinski definition) is 2. The Hall–Kier alpha value is 0.310. The molecule has 0 amide bonds. The highest BCUT2D eigenvalue weighted by Gasteiger charge is 2.03. The molecule has 0 saturated carbocycles. The molecule has 2 heteroatoms. The minimum absolute atomic E-state index is 0.630. The minimum atomic E-state index is 0.630. The molecule has 1 nitrogen and oxygen atoms in total. The smallest absolute Gasteiger partial charge is 0.00172 e. The van der Waals surface area contributed by atoms with Crippen molar-refractivity contribution in [3.63, 3.8) is 0 Å². The number of thiol groups is 1. The van der Waals surface area contributed by atoms with E-state index in [0.29, 0.717) is 5.25 Å². The van der Waals surface area contributed by atoms with E-state index in [0.717, 1.165) is 0 Å². The SMILES string of the molecule is CCCCC(S)CCCN(CC)CC. The molecule has 0 aromatic rings. The standard InChI is InChI=1S/C12H27NS/c1-4-7-9-12(14)10-8-11-13(5-2)6-3/h12,14H,4-11H2,1-3H3. The molecule has 0 bridgehead atoms. The van der Waals surface area contributed by atoms with Crippen LogP contribution in [0.1, 0.15) is 52.9 Å². The molecule has 0 N–H and O–H groups in total. The van der Waals surface area contributed by atoms with Crippen LogP contribution in [0.4, 0.5) is 0 Å². The van der Waals surface area contributed by atoms with E-state index in [1.807, 2.05) is 0 Å². The van der Waals surface area contributed by atoms with Gasteiger partial charge in [0.2, 0.25) is 0 Å². The van der Waals surface area contributed by atoms with Gasteiger partial charge in [-0.05, 0) is 38.9 Å². The molecule has 0 aromatic heterocycles. The summed E-state index contributed by atoms with van der Waals surface area (Å²) >= 11 is 4.61. The summed E-state index contributed by atoms with van der Waals surface area (Å²) in [6.07, 6.45) is 6.50. The lowest BCUT2D eigenvalue weighted by Gasteiger charge is -2.18. The molecule has 0 heterocycles. The fraction of sp³-hybridized carbons (Fsp3) is 1.00. The van der Waals surface area contributed by atoms with Crippen molar-refractivity contribution in [3.05, 3.63) is 0 Å². The minimum Gasteiger partial charge on any atom is -0.304 e. The van der Waals surface area contributed by atoms with Crippen molar-refractivity contribution in [1.82, 2.24) is 4.90 Å². The Labute approximate surface area is 95.7 Å². The van der Waals surface area contributed by atoms with Gasteiger partial charge >= 0.3 is 0 Å². The Morgan fingerprint density at radius 2 is 1.57 bits per heavy atom. The lowest BCUT2D eigenvalue weighted by Crippen LogP contribution is -2.24. The third-order valence-electron chi connectivity index (χ3n) is 2.80. The lowest BCUT2D eigenvalue weighted by molar-refractivity contribution is 0.296. The third-order valence-corrected chi connectivity index (χ3v) is 3.31. The van der Waals surface area contributed by atoms with Crippen LogP contribution in [-0.2, 0) is 0 Å². The van der Waals surface area contributed by atoms with Crippen molar-refractivity contribution in [2.45, 2.75) is 58.1 Å². The molecule has 0 aliphatic carbocycles. The van der Waals surface area contributed by atoms with Gasteiger partial charge in [0.15, 0.2) is 0 Å². The van der Waals surface area contributed by atoms with Crippen LogP contribution in [0.15, 0.2) is 0 Å². The summed E-state index contributed by atoms with van der Waals surface area (Å²) in [5, 5.41) is 0.630. The molecule has 0 rings (SSSR count). The topological polar surface area (TPSA) is 3.24 Å². The monoisotopic (exact) mass is 217 g/mol. The Bertz CT molecular complexity index is 113. The van der Waals surface area contributed by atoms with Crippen LogP contribution >= 0.6 is 12.6 Å². The average molecular weight is 217 g/mol. The predicted octanol–water partition coefficient (Wildman–Crippen LogP) is 3.60. The van der Waals surface area contributed by atoms with Gasteiger partial charge in [-0.15, -0.1) is 0 Å². The molecule has 14 heavy (non-hydrogen) atoms. The molecule has 0 spiro atoms. The van der Waals surface area contributed by atoms with Crippen LogP contribution in [-0.4, -0.2) is 29.8 Å². The molecule has 0 aromatic carbocycles. The molecule has 0 aliphatic rings. The van der Waals surface area contributed by atoms with Crippen molar-refractivity contribution in [2.24, 2.45) is 0 Å². The zero-order valence-corrected chi connectivity index (χ0v) is 11.0. The molecule has 0 saturated heterocycles. The van der Waals surface area contributed by atoms with Gasteiger partial charge in [0.1, 0.15) is 0 Å². The fourth-order valence-corrected chi connectivity index (χ4v) is 2.04. The Morgan fingerprint density at radius 3 is 2.07 bits per heavy atom. The van der Waals surface area contributed by atoms with Crippen LogP contribution in [0.3, 0.4) is 0 Å². The van der Waals surface area contributed by atoms with Crippen molar-refractivity contribution in [3.8, 4) is 0 Å². The maximum Gasteiger partial charge on any atom is 0.00172 e. The van der Waals surface area contributed by atoms with Gasteiger partial charge in [-0.2, -0.15) is 12.6 Å². The van der Waals surface area contributed by atoms with Crippen LogP contribution in [0.2, 0.25) is 0 Å².